The number of carbonyl (C=O) groups excluding carboxylic acids is 1. The third-order valence-corrected chi connectivity index (χ3v) is 3.12. The van der Waals surface area contributed by atoms with Crippen LogP contribution < -0.4 is 0 Å². The van der Waals surface area contributed by atoms with Crippen molar-refractivity contribution in [3.63, 3.8) is 0 Å². The Morgan fingerprint density at radius 3 is 2.29 bits per heavy atom. The molecule has 0 heterocycles. The lowest BCUT2D eigenvalue weighted by Crippen LogP contribution is -1.99. The summed E-state index contributed by atoms with van der Waals surface area (Å²) in [6.07, 6.45) is 19.3. The van der Waals surface area contributed by atoms with Crippen molar-refractivity contribution in [2.45, 2.75) is 58.3 Å². The van der Waals surface area contributed by atoms with Crippen molar-refractivity contribution < 1.29 is 4.79 Å². The second kappa shape index (κ2) is 8.98. The van der Waals surface area contributed by atoms with Gasteiger partial charge in [-0.1, -0.05) is 36.8 Å². The second-order valence-electron chi connectivity index (χ2n) is 4.70. The first-order valence-electron chi connectivity index (χ1n) is 6.82. The van der Waals surface area contributed by atoms with Crippen molar-refractivity contribution in [3.05, 3.63) is 36.0 Å². The molecule has 0 unspecified atom stereocenters. The molecule has 94 valence electrons. The number of hydrogen-bond donors (Lipinski definition) is 0. The van der Waals surface area contributed by atoms with Crippen LogP contribution in [-0.2, 0) is 4.79 Å². The monoisotopic (exact) mass is 232 g/mol. The van der Waals surface area contributed by atoms with Gasteiger partial charge in [-0.3, -0.25) is 4.79 Å². The molecule has 0 bridgehead atoms. The number of carbonyl (C=O) groups is 1. The first kappa shape index (κ1) is 14.0. The molecule has 1 heteroatoms. The molecule has 1 rings (SSSR count). The maximum atomic E-state index is 11.7. The van der Waals surface area contributed by atoms with E-state index in [2.05, 4.69) is 30.4 Å². The molecule has 0 aromatic carbocycles. The van der Waals surface area contributed by atoms with Crippen LogP contribution in [-0.4, -0.2) is 5.78 Å². The molecule has 0 atom stereocenters. The smallest absolute Gasteiger partial charge is 0.158 e. The molecule has 1 aliphatic rings. The zero-order chi connectivity index (χ0) is 12.3. The number of Topliss-reactive ketones (excluding diaryl/α,β-unsaturated/α-hetero) is 1. The van der Waals surface area contributed by atoms with Gasteiger partial charge >= 0.3 is 0 Å². The third-order valence-electron chi connectivity index (χ3n) is 3.12. The van der Waals surface area contributed by atoms with Gasteiger partial charge in [0.1, 0.15) is 0 Å². The molecule has 0 radical (unpaired) electrons. The van der Waals surface area contributed by atoms with Gasteiger partial charge in [0.05, 0.1) is 0 Å². The molecular weight excluding hydrogens is 208 g/mol. The molecule has 0 aromatic heterocycles. The van der Waals surface area contributed by atoms with E-state index in [0.29, 0.717) is 12.2 Å². The van der Waals surface area contributed by atoms with Gasteiger partial charge in [-0.25, -0.2) is 0 Å². The summed E-state index contributed by atoms with van der Waals surface area (Å²) in [4.78, 5) is 11.7. The van der Waals surface area contributed by atoms with E-state index in [4.69, 9.17) is 0 Å². The van der Waals surface area contributed by atoms with E-state index < -0.39 is 0 Å². The number of allylic oxidation sites excluding steroid dienone is 6. The molecule has 1 aliphatic carbocycles. The molecule has 0 fully saturated rings. The lowest BCUT2D eigenvalue weighted by Gasteiger charge is -2.00. The first-order chi connectivity index (χ1) is 8.30. The number of rotatable bonds is 0. The number of ketones is 1. The van der Waals surface area contributed by atoms with E-state index >= 15 is 0 Å². The zero-order valence-electron chi connectivity index (χ0n) is 11.0. The van der Waals surface area contributed by atoms with Crippen LogP contribution in [0.4, 0.5) is 0 Å². The minimum absolute atomic E-state index is 0.323. The minimum atomic E-state index is 0.323. The lowest BCUT2D eigenvalue weighted by molar-refractivity contribution is -0.115. The molecule has 0 aliphatic heterocycles. The summed E-state index contributed by atoms with van der Waals surface area (Å²) in [6.45, 7) is 1.96. The Morgan fingerprint density at radius 2 is 1.53 bits per heavy atom. The Morgan fingerprint density at radius 1 is 0.882 bits per heavy atom. The fraction of sp³-hybridized carbons (Fsp3) is 0.562. The van der Waals surface area contributed by atoms with Gasteiger partial charge in [0.25, 0.3) is 0 Å². The van der Waals surface area contributed by atoms with Gasteiger partial charge in [0.15, 0.2) is 5.78 Å². The van der Waals surface area contributed by atoms with Gasteiger partial charge in [-0.2, -0.15) is 0 Å². The van der Waals surface area contributed by atoms with E-state index in [1.807, 2.05) is 6.92 Å². The van der Waals surface area contributed by atoms with Crippen molar-refractivity contribution in [2.24, 2.45) is 0 Å². The van der Waals surface area contributed by atoms with Gasteiger partial charge in [0.2, 0.25) is 0 Å². The fourth-order valence-corrected chi connectivity index (χ4v) is 1.94. The van der Waals surface area contributed by atoms with Crippen LogP contribution >= 0.6 is 0 Å². The largest absolute Gasteiger partial charge is 0.295 e. The molecule has 0 saturated heterocycles. The normalized spacial score (nSPS) is 27.4. The Bertz CT molecular complexity index is 307. The van der Waals surface area contributed by atoms with Crippen LogP contribution in [0.25, 0.3) is 0 Å². The third kappa shape index (κ3) is 6.93. The average molecular weight is 232 g/mol. The van der Waals surface area contributed by atoms with Crippen LogP contribution in [0, 0.1) is 0 Å². The summed E-state index contributed by atoms with van der Waals surface area (Å²) in [6, 6.07) is 0. The van der Waals surface area contributed by atoms with Crippen LogP contribution in [0.5, 0.6) is 0 Å². The summed E-state index contributed by atoms with van der Waals surface area (Å²) >= 11 is 0. The fourth-order valence-electron chi connectivity index (χ4n) is 1.94. The Kier molecular flexibility index (Phi) is 7.37. The molecule has 0 aromatic rings. The quantitative estimate of drug-likeness (QED) is 0.589. The van der Waals surface area contributed by atoms with Crippen molar-refractivity contribution in [1.29, 1.82) is 0 Å². The highest BCUT2D eigenvalue weighted by Crippen LogP contribution is 2.10. The maximum absolute atomic E-state index is 11.7. The van der Waals surface area contributed by atoms with Gasteiger partial charge in [-0.05, 0) is 51.0 Å². The Labute approximate surface area is 105 Å². The maximum Gasteiger partial charge on any atom is 0.158 e. The van der Waals surface area contributed by atoms with Crippen molar-refractivity contribution in [3.8, 4) is 0 Å². The first-order valence-corrected chi connectivity index (χ1v) is 6.82. The van der Waals surface area contributed by atoms with Gasteiger partial charge < -0.3 is 0 Å². The van der Waals surface area contributed by atoms with Crippen LogP contribution in [0.3, 0.4) is 0 Å². The van der Waals surface area contributed by atoms with E-state index in [1.54, 1.807) is 0 Å². The SMILES string of the molecule is C/C1=C\CCCCC/C=C\C=C\CCCC1=O. The molecule has 1 nitrogen and oxygen atoms in total. The summed E-state index contributed by atoms with van der Waals surface area (Å²) in [5, 5.41) is 0. The summed E-state index contributed by atoms with van der Waals surface area (Å²) in [5.74, 6) is 0.323. The van der Waals surface area contributed by atoms with Crippen molar-refractivity contribution in [1.82, 2.24) is 0 Å². The predicted octanol–water partition coefficient (Wildman–Crippen LogP) is 4.75. The topological polar surface area (TPSA) is 17.1 Å². The molecule has 0 N–H and O–H groups in total. The van der Waals surface area contributed by atoms with Crippen molar-refractivity contribution in [2.75, 3.05) is 0 Å². The van der Waals surface area contributed by atoms with Crippen LogP contribution in [0.15, 0.2) is 36.0 Å². The molecule has 0 amide bonds. The lowest BCUT2D eigenvalue weighted by atomic mass is 10.0. The highest BCUT2D eigenvalue weighted by Gasteiger charge is 2.02. The van der Waals surface area contributed by atoms with Crippen molar-refractivity contribution >= 4 is 5.78 Å². The van der Waals surface area contributed by atoms with Gasteiger partial charge in [0, 0.05) is 6.42 Å². The molecule has 0 saturated carbocycles. The van der Waals surface area contributed by atoms with Crippen LogP contribution in [0.2, 0.25) is 0 Å². The average Bonchev–Trinajstić information content (AvgIpc) is 2.34. The standard InChI is InChI=1S/C16H24O/c1-15-13-11-9-7-5-3-2-4-6-8-10-12-14-16(15)17/h2,4,6,8,13H,3,5,7,9-12,14H2,1H3/b4-2-,8-6+,15-13+. The zero-order valence-corrected chi connectivity index (χ0v) is 11.0. The highest BCUT2D eigenvalue weighted by molar-refractivity contribution is 5.94. The summed E-state index contributed by atoms with van der Waals surface area (Å²) in [5.41, 5.74) is 0.960. The van der Waals surface area contributed by atoms with E-state index in [1.165, 1.54) is 25.7 Å². The molecule has 0 spiro atoms. The molecule has 17 heavy (non-hydrogen) atoms. The summed E-state index contributed by atoms with van der Waals surface area (Å²) < 4.78 is 0. The van der Waals surface area contributed by atoms with E-state index in [0.717, 1.165) is 24.8 Å². The summed E-state index contributed by atoms with van der Waals surface area (Å²) in [7, 11) is 0. The van der Waals surface area contributed by atoms with E-state index in [-0.39, 0.29) is 0 Å². The van der Waals surface area contributed by atoms with E-state index in [9.17, 15) is 4.79 Å². The van der Waals surface area contributed by atoms with Crippen LogP contribution in [0.1, 0.15) is 58.3 Å². The Hall–Kier alpha value is -1.11. The second-order valence-corrected chi connectivity index (χ2v) is 4.70. The Balaban J connectivity index is 2.47. The molecular formula is C16H24O. The van der Waals surface area contributed by atoms with Gasteiger partial charge in [-0.15, -0.1) is 0 Å². The number of hydrogen-bond acceptors (Lipinski definition) is 1. The highest BCUT2D eigenvalue weighted by atomic mass is 16.1. The predicted molar refractivity (Wildman–Crippen MR) is 74.0 cm³/mol. The minimum Gasteiger partial charge on any atom is -0.295 e.